The molecule has 0 spiro atoms. The number of anilines is 1. The van der Waals surface area contributed by atoms with Crippen molar-refractivity contribution in [1.82, 2.24) is 5.32 Å². The van der Waals surface area contributed by atoms with Gasteiger partial charge >= 0.3 is 5.97 Å². The second-order valence-corrected chi connectivity index (χ2v) is 7.59. The fourth-order valence-corrected chi connectivity index (χ4v) is 3.68. The van der Waals surface area contributed by atoms with Gasteiger partial charge in [-0.25, -0.2) is 9.00 Å². The Hall–Kier alpha value is -2.71. The molecule has 0 saturated heterocycles. The summed E-state index contributed by atoms with van der Waals surface area (Å²) in [5, 5.41) is 12.2. The average Bonchev–Trinajstić information content (AvgIpc) is 2.64. The standard InChI is InChI=1S/C20H24N2O5S/c1-13(2)19(20(24)25)22(28(26)27)18-10-8-17(9-11-18)16-6-4-15(5-7-16)12-21-14(3)23/h4-11,13,19H,12H2,1-3H3,(H,21,23)(H,24,25)(H,26,27). The molecule has 8 heteroatoms. The van der Waals surface area contributed by atoms with Crippen LogP contribution in [0.4, 0.5) is 5.69 Å². The van der Waals surface area contributed by atoms with Crippen LogP contribution < -0.4 is 9.62 Å². The van der Waals surface area contributed by atoms with E-state index in [0.717, 1.165) is 21.0 Å². The summed E-state index contributed by atoms with van der Waals surface area (Å²) in [5.41, 5.74) is 3.15. The number of carboxylic acids is 1. The number of amides is 1. The highest BCUT2D eigenvalue weighted by molar-refractivity contribution is 7.80. The van der Waals surface area contributed by atoms with Gasteiger partial charge in [0.15, 0.2) is 0 Å². The van der Waals surface area contributed by atoms with Crippen LogP contribution in [0.1, 0.15) is 26.3 Å². The molecule has 0 bridgehead atoms. The SMILES string of the molecule is CC(=O)NCc1ccc(-c2ccc(N(C(C(=O)O)C(C)C)S(=O)O)cc2)cc1. The lowest BCUT2D eigenvalue weighted by atomic mass is 10.0. The Morgan fingerprint density at radius 3 is 1.93 bits per heavy atom. The van der Waals surface area contributed by atoms with Crippen LogP contribution in [0.2, 0.25) is 0 Å². The van der Waals surface area contributed by atoms with E-state index in [9.17, 15) is 23.5 Å². The number of hydrogen-bond acceptors (Lipinski definition) is 3. The molecule has 2 rings (SSSR count). The summed E-state index contributed by atoms with van der Waals surface area (Å²) in [6.07, 6.45) is 0. The van der Waals surface area contributed by atoms with Crippen molar-refractivity contribution >= 4 is 28.8 Å². The molecule has 0 aliphatic rings. The molecule has 2 unspecified atom stereocenters. The molecule has 1 amide bonds. The Labute approximate surface area is 166 Å². The van der Waals surface area contributed by atoms with Crippen molar-refractivity contribution in [3.63, 3.8) is 0 Å². The van der Waals surface area contributed by atoms with Crippen LogP contribution in [0.3, 0.4) is 0 Å². The molecule has 0 saturated carbocycles. The van der Waals surface area contributed by atoms with Crippen LogP contribution in [0.5, 0.6) is 0 Å². The Morgan fingerprint density at radius 2 is 1.54 bits per heavy atom. The molecule has 2 aromatic rings. The van der Waals surface area contributed by atoms with E-state index in [1.807, 2.05) is 24.3 Å². The predicted octanol–water partition coefficient (Wildman–Crippen LogP) is 3.04. The summed E-state index contributed by atoms with van der Waals surface area (Å²) in [5.74, 6) is -1.60. The van der Waals surface area contributed by atoms with Crippen LogP contribution in [0.25, 0.3) is 11.1 Å². The first-order valence-electron chi connectivity index (χ1n) is 8.77. The highest BCUT2D eigenvalue weighted by atomic mass is 32.2. The van der Waals surface area contributed by atoms with E-state index < -0.39 is 23.3 Å². The highest BCUT2D eigenvalue weighted by Gasteiger charge is 2.32. The van der Waals surface area contributed by atoms with Crippen molar-refractivity contribution in [2.24, 2.45) is 5.92 Å². The first-order chi connectivity index (χ1) is 13.2. The monoisotopic (exact) mass is 404 g/mol. The Kier molecular flexibility index (Phi) is 7.31. The molecule has 0 heterocycles. The van der Waals surface area contributed by atoms with E-state index >= 15 is 0 Å². The molecule has 28 heavy (non-hydrogen) atoms. The fraction of sp³-hybridized carbons (Fsp3) is 0.300. The number of nitrogens with one attached hydrogen (secondary N) is 1. The first-order valence-corrected chi connectivity index (χ1v) is 9.84. The lowest BCUT2D eigenvalue weighted by Crippen LogP contribution is -2.45. The molecule has 3 N–H and O–H groups in total. The third-order valence-corrected chi connectivity index (χ3v) is 5.03. The molecule has 0 radical (unpaired) electrons. The van der Waals surface area contributed by atoms with Crippen molar-refractivity contribution in [2.75, 3.05) is 4.31 Å². The van der Waals surface area contributed by atoms with Crippen LogP contribution in [-0.4, -0.2) is 31.8 Å². The third-order valence-electron chi connectivity index (χ3n) is 4.26. The number of hydrogen-bond donors (Lipinski definition) is 3. The number of carbonyl (C=O) groups excluding carboxylic acids is 1. The van der Waals surface area contributed by atoms with Gasteiger partial charge in [0.1, 0.15) is 6.04 Å². The van der Waals surface area contributed by atoms with Crippen LogP contribution in [0.15, 0.2) is 48.5 Å². The molecule has 2 aromatic carbocycles. The van der Waals surface area contributed by atoms with Crippen LogP contribution in [-0.2, 0) is 27.4 Å². The lowest BCUT2D eigenvalue weighted by molar-refractivity contribution is -0.139. The highest BCUT2D eigenvalue weighted by Crippen LogP contribution is 2.27. The molecule has 0 aliphatic heterocycles. The van der Waals surface area contributed by atoms with E-state index in [4.69, 9.17) is 0 Å². The van der Waals surface area contributed by atoms with Gasteiger partial charge in [0.2, 0.25) is 5.91 Å². The van der Waals surface area contributed by atoms with Gasteiger partial charge in [0.05, 0.1) is 5.69 Å². The summed E-state index contributed by atoms with van der Waals surface area (Å²) in [6.45, 7) is 5.30. The van der Waals surface area contributed by atoms with Gasteiger partial charge < -0.3 is 10.4 Å². The summed E-state index contributed by atoms with van der Waals surface area (Å²) >= 11 is -2.47. The van der Waals surface area contributed by atoms with Gasteiger partial charge in [-0.1, -0.05) is 50.2 Å². The molecule has 0 aromatic heterocycles. The summed E-state index contributed by atoms with van der Waals surface area (Å²) in [7, 11) is 0. The van der Waals surface area contributed by atoms with E-state index in [-0.39, 0.29) is 11.8 Å². The lowest BCUT2D eigenvalue weighted by Gasteiger charge is -2.29. The van der Waals surface area contributed by atoms with Crippen molar-refractivity contribution in [3.05, 3.63) is 54.1 Å². The van der Waals surface area contributed by atoms with Gasteiger partial charge in [-0.3, -0.25) is 13.7 Å². The number of carboxylic acid groups (broad SMARTS) is 1. The van der Waals surface area contributed by atoms with Gasteiger partial charge in [0, 0.05) is 13.5 Å². The zero-order valence-corrected chi connectivity index (χ0v) is 16.8. The molecular formula is C20H24N2O5S. The van der Waals surface area contributed by atoms with E-state index in [1.54, 1.807) is 38.1 Å². The van der Waals surface area contributed by atoms with E-state index in [1.165, 1.54) is 6.92 Å². The molecule has 0 aliphatic carbocycles. The van der Waals surface area contributed by atoms with Crippen LogP contribution >= 0.6 is 0 Å². The van der Waals surface area contributed by atoms with Gasteiger partial charge in [-0.05, 0) is 34.7 Å². The van der Waals surface area contributed by atoms with Crippen molar-refractivity contribution in [3.8, 4) is 11.1 Å². The number of nitrogens with zero attached hydrogens (tertiary/aromatic N) is 1. The predicted molar refractivity (Wildman–Crippen MR) is 109 cm³/mol. The largest absolute Gasteiger partial charge is 0.480 e. The zero-order chi connectivity index (χ0) is 20.8. The molecular weight excluding hydrogens is 380 g/mol. The maximum Gasteiger partial charge on any atom is 0.327 e. The normalized spacial score (nSPS) is 13.0. The molecule has 0 fully saturated rings. The molecule has 2 atom stereocenters. The van der Waals surface area contributed by atoms with E-state index in [2.05, 4.69) is 5.32 Å². The topological polar surface area (TPSA) is 107 Å². The maximum absolute atomic E-state index is 11.8. The fourth-order valence-electron chi connectivity index (χ4n) is 2.85. The Bertz CT molecular complexity index is 850. The number of aliphatic carboxylic acids is 1. The second-order valence-electron chi connectivity index (χ2n) is 6.74. The average molecular weight is 404 g/mol. The Morgan fingerprint density at radius 1 is 1.04 bits per heavy atom. The summed E-state index contributed by atoms with van der Waals surface area (Å²) < 4.78 is 22.4. The zero-order valence-electron chi connectivity index (χ0n) is 16.0. The number of benzene rings is 2. The first kappa shape index (κ1) is 21.6. The Balaban J connectivity index is 2.24. The van der Waals surface area contributed by atoms with Gasteiger partial charge in [-0.2, -0.15) is 0 Å². The third kappa shape index (κ3) is 5.40. The molecule has 150 valence electrons. The minimum Gasteiger partial charge on any atom is -0.480 e. The number of rotatable bonds is 8. The maximum atomic E-state index is 11.8. The van der Waals surface area contributed by atoms with Crippen LogP contribution in [0, 0.1) is 5.92 Å². The smallest absolute Gasteiger partial charge is 0.327 e. The quantitative estimate of drug-likeness (QED) is 0.586. The minimum atomic E-state index is -2.47. The van der Waals surface area contributed by atoms with E-state index in [0.29, 0.717) is 12.2 Å². The number of carbonyl (C=O) groups is 2. The second kappa shape index (κ2) is 9.48. The van der Waals surface area contributed by atoms with Crippen molar-refractivity contribution in [2.45, 2.75) is 33.4 Å². The van der Waals surface area contributed by atoms with Crippen molar-refractivity contribution in [1.29, 1.82) is 0 Å². The minimum absolute atomic E-state index is 0.0912. The van der Waals surface area contributed by atoms with Gasteiger partial charge in [-0.15, -0.1) is 0 Å². The molecule has 7 nitrogen and oxygen atoms in total. The summed E-state index contributed by atoms with van der Waals surface area (Å²) in [4.78, 5) is 22.5. The van der Waals surface area contributed by atoms with Gasteiger partial charge in [0.25, 0.3) is 11.3 Å². The van der Waals surface area contributed by atoms with Crippen molar-refractivity contribution < 1.29 is 23.5 Å². The summed E-state index contributed by atoms with van der Waals surface area (Å²) in [6, 6.07) is 13.4.